The molecule has 2 N–H and O–H groups in total. The van der Waals surface area contributed by atoms with Crippen LogP contribution < -0.4 is 60.8 Å². The first-order valence-corrected chi connectivity index (χ1v) is 11.3. The van der Waals surface area contributed by atoms with E-state index in [0.717, 1.165) is 5.56 Å². The third-order valence-corrected chi connectivity index (χ3v) is 5.74. The standard InChI is InChI=1S/C15H15FNO3S.C9H9O2.K/c1-3-20-14-6-4-5-7-15(14)21(18,19)17-12-8-9-13(16)11(2)10-12;10-6-9(7-11)8-4-2-1-3-5-8;/h5-10,17H,3H2,1-2H3;1-5,9-10H,6H2;/q2*-1;+1. The van der Waals surface area contributed by atoms with Gasteiger partial charge in [0.1, 0.15) is 5.82 Å². The molecule has 1 unspecified atom stereocenters. The Hall–Kier alpha value is -1.59. The van der Waals surface area contributed by atoms with Crippen molar-refractivity contribution in [3.05, 3.63) is 89.7 Å². The zero-order chi connectivity index (χ0) is 23.6. The number of ether oxygens (including phenoxy) is 1. The number of sulfonamides is 1. The molecule has 0 aromatic heterocycles. The van der Waals surface area contributed by atoms with E-state index in [9.17, 15) is 17.6 Å². The van der Waals surface area contributed by atoms with Crippen LogP contribution in [0.15, 0.2) is 71.6 Å². The molecule has 9 heteroatoms. The van der Waals surface area contributed by atoms with Crippen LogP contribution in [0.5, 0.6) is 5.75 Å². The normalized spacial score (nSPS) is 11.3. The Kier molecular flexibility index (Phi) is 13.0. The Morgan fingerprint density at radius 1 is 1.18 bits per heavy atom. The molecule has 0 spiro atoms. The van der Waals surface area contributed by atoms with E-state index >= 15 is 0 Å². The number of carbonyl (C=O) groups excluding carboxylic acids is 1. The maximum atomic E-state index is 13.2. The van der Waals surface area contributed by atoms with Gasteiger partial charge in [0.05, 0.1) is 6.61 Å². The number of anilines is 1. The topological polar surface area (TPSA) is 92.7 Å². The Balaban J connectivity index is 0.000000385. The van der Waals surface area contributed by atoms with E-state index in [1.807, 2.05) is 18.2 Å². The molecule has 1 atom stereocenters. The van der Waals surface area contributed by atoms with Gasteiger partial charge in [-0.15, -0.1) is 12.1 Å². The van der Waals surface area contributed by atoms with Crippen molar-refractivity contribution in [1.29, 1.82) is 0 Å². The fourth-order valence-corrected chi connectivity index (χ4v) is 3.88. The van der Waals surface area contributed by atoms with Gasteiger partial charge in [-0.2, -0.15) is 12.1 Å². The number of nitrogens with one attached hydrogen (secondary N) is 1. The summed E-state index contributed by atoms with van der Waals surface area (Å²) >= 11 is 0. The summed E-state index contributed by atoms with van der Waals surface area (Å²) in [5.74, 6) is -0.648. The number of aliphatic hydroxyl groups is 1. The number of aliphatic hydroxyl groups excluding tert-OH is 1. The van der Waals surface area contributed by atoms with Gasteiger partial charge in [0.2, 0.25) is 10.0 Å². The Morgan fingerprint density at radius 3 is 2.45 bits per heavy atom. The molecule has 0 bridgehead atoms. The van der Waals surface area contributed by atoms with Crippen LogP contribution in [0.2, 0.25) is 0 Å². The van der Waals surface area contributed by atoms with Crippen molar-refractivity contribution in [2.75, 3.05) is 17.9 Å². The molecule has 3 aromatic carbocycles. The number of benzene rings is 3. The minimum atomic E-state index is -3.81. The van der Waals surface area contributed by atoms with Crippen LogP contribution >= 0.6 is 0 Å². The second kappa shape index (κ2) is 14.6. The zero-order valence-electron chi connectivity index (χ0n) is 18.7. The summed E-state index contributed by atoms with van der Waals surface area (Å²) in [7, 11) is -3.81. The quantitative estimate of drug-likeness (QED) is 0.359. The van der Waals surface area contributed by atoms with Crippen LogP contribution in [-0.4, -0.2) is 33.0 Å². The van der Waals surface area contributed by atoms with Crippen LogP contribution in [0.1, 0.15) is 24.0 Å². The van der Waals surface area contributed by atoms with Crippen molar-refractivity contribution in [1.82, 2.24) is 0 Å². The molecule has 33 heavy (non-hydrogen) atoms. The van der Waals surface area contributed by atoms with Gasteiger partial charge in [0.15, 0.2) is 0 Å². The summed E-state index contributed by atoms with van der Waals surface area (Å²) in [6.07, 6.45) is 1.77. The third kappa shape index (κ3) is 8.93. The second-order valence-corrected chi connectivity index (χ2v) is 8.29. The maximum Gasteiger partial charge on any atom is 1.00 e. The van der Waals surface area contributed by atoms with Gasteiger partial charge in [0, 0.05) is 22.9 Å². The number of rotatable bonds is 8. The van der Waals surface area contributed by atoms with Gasteiger partial charge < -0.3 is 14.6 Å². The fraction of sp³-hybridized carbons (Fsp3) is 0.208. The molecule has 0 aliphatic carbocycles. The molecule has 0 heterocycles. The van der Waals surface area contributed by atoms with Crippen LogP contribution in [0.3, 0.4) is 0 Å². The van der Waals surface area contributed by atoms with Crippen LogP contribution in [0, 0.1) is 18.8 Å². The summed E-state index contributed by atoms with van der Waals surface area (Å²) < 4.78 is 45.7. The summed E-state index contributed by atoms with van der Waals surface area (Å²) in [4.78, 5) is 10.3. The van der Waals surface area contributed by atoms with E-state index in [1.54, 1.807) is 32.3 Å². The van der Waals surface area contributed by atoms with Crippen molar-refractivity contribution in [2.24, 2.45) is 0 Å². The summed E-state index contributed by atoms with van der Waals surface area (Å²) in [5, 5.41) is 8.72. The number of aryl methyl sites for hydroxylation is 1. The number of halogens is 1. The second-order valence-electron chi connectivity index (χ2n) is 6.64. The SMILES string of the molecule is CCOc1c[c-]ccc1S(=O)(=O)Nc1ccc(F)c(C)c1.O=[C-]C(CO)c1ccccc1.[K+]. The summed E-state index contributed by atoms with van der Waals surface area (Å²) in [6.45, 7) is 3.50. The van der Waals surface area contributed by atoms with Gasteiger partial charge in [0.25, 0.3) is 0 Å². The van der Waals surface area contributed by atoms with Crippen molar-refractivity contribution < 1.29 is 78.8 Å². The average molecular weight is 497 g/mol. The van der Waals surface area contributed by atoms with Gasteiger partial charge in [-0.25, -0.2) is 12.8 Å². The Bertz CT molecular complexity index is 1130. The first-order chi connectivity index (χ1) is 15.3. The molecular formula is C24H24FKNO5S-. The molecule has 0 saturated heterocycles. The minimum Gasteiger partial charge on any atom is -0.550 e. The Labute approximate surface area is 236 Å². The largest absolute Gasteiger partial charge is 1.00 e. The number of hydrogen-bond acceptors (Lipinski definition) is 5. The van der Waals surface area contributed by atoms with Gasteiger partial charge in [-0.1, -0.05) is 41.8 Å². The van der Waals surface area contributed by atoms with Crippen LogP contribution in [-0.2, 0) is 14.8 Å². The molecule has 0 aliphatic heterocycles. The molecule has 0 fully saturated rings. The molecule has 3 aromatic rings. The first kappa shape index (κ1) is 29.4. The number of hydrogen-bond donors (Lipinski definition) is 2. The minimum absolute atomic E-state index is 0. The molecule has 0 amide bonds. The van der Waals surface area contributed by atoms with E-state index in [0.29, 0.717) is 17.9 Å². The summed E-state index contributed by atoms with van der Waals surface area (Å²) in [5.41, 5.74) is 1.47. The Morgan fingerprint density at radius 2 is 1.88 bits per heavy atom. The van der Waals surface area contributed by atoms with E-state index < -0.39 is 15.9 Å². The van der Waals surface area contributed by atoms with Crippen molar-refractivity contribution in [3.8, 4) is 5.75 Å². The van der Waals surface area contributed by atoms with Gasteiger partial charge in [-0.05, 0) is 37.6 Å². The molecule has 0 aliphatic rings. The van der Waals surface area contributed by atoms with E-state index in [-0.39, 0.29) is 74.5 Å². The van der Waals surface area contributed by atoms with Crippen molar-refractivity contribution in [3.63, 3.8) is 0 Å². The van der Waals surface area contributed by atoms with Crippen LogP contribution in [0.25, 0.3) is 0 Å². The van der Waals surface area contributed by atoms with E-state index in [4.69, 9.17) is 9.84 Å². The smallest absolute Gasteiger partial charge is 0.550 e. The average Bonchev–Trinajstić information content (AvgIpc) is 2.79. The molecule has 170 valence electrons. The van der Waals surface area contributed by atoms with Crippen LogP contribution in [0.4, 0.5) is 10.1 Å². The van der Waals surface area contributed by atoms with Gasteiger partial charge >= 0.3 is 51.4 Å². The molecule has 0 saturated carbocycles. The molecular weight excluding hydrogens is 472 g/mol. The predicted molar refractivity (Wildman–Crippen MR) is 120 cm³/mol. The van der Waals surface area contributed by atoms with Gasteiger partial charge in [-0.3, -0.25) is 11.0 Å². The summed E-state index contributed by atoms with van der Waals surface area (Å²) in [6, 6.07) is 20.3. The molecule has 0 radical (unpaired) electrons. The molecule has 6 nitrogen and oxygen atoms in total. The fourth-order valence-electron chi connectivity index (χ4n) is 2.71. The first-order valence-electron chi connectivity index (χ1n) is 9.77. The molecule has 3 rings (SSSR count). The predicted octanol–water partition coefficient (Wildman–Crippen LogP) is 1.01. The monoisotopic (exact) mass is 496 g/mol. The van der Waals surface area contributed by atoms with E-state index in [1.165, 1.54) is 36.4 Å². The maximum absolute atomic E-state index is 13.2. The zero-order valence-corrected chi connectivity index (χ0v) is 22.6. The van der Waals surface area contributed by atoms with Crippen molar-refractivity contribution >= 4 is 22.0 Å². The van der Waals surface area contributed by atoms with Crippen molar-refractivity contribution in [2.45, 2.75) is 24.7 Å². The third-order valence-electron chi connectivity index (χ3n) is 4.31. The van der Waals surface area contributed by atoms with E-state index in [2.05, 4.69) is 10.8 Å².